The van der Waals surface area contributed by atoms with Gasteiger partial charge >= 0.3 is 0 Å². The number of aromatic nitrogens is 1. The van der Waals surface area contributed by atoms with Crippen molar-refractivity contribution in [2.45, 2.75) is 19.9 Å². The number of anilines is 2. The molecule has 1 unspecified atom stereocenters. The summed E-state index contributed by atoms with van der Waals surface area (Å²) in [7, 11) is 0. The van der Waals surface area contributed by atoms with Crippen LogP contribution in [0.1, 0.15) is 38.1 Å². The van der Waals surface area contributed by atoms with Crippen LogP contribution >= 0.6 is 11.3 Å². The number of amides is 1. The van der Waals surface area contributed by atoms with E-state index in [4.69, 9.17) is 0 Å². The highest BCUT2D eigenvalue weighted by molar-refractivity contribution is 7.16. The molecule has 2 aromatic heterocycles. The lowest BCUT2D eigenvalue weighted by atomic mass is 9.99. The van der Waals surface area contributed by atoms with Crippen molar-refractivity contribution in [3.8, 4) is 0 Å². The Balaban J connectivity index is 1.76. The zero-order valence-corrected chi connectivity index (χ0v) is 17.7. The third-order valence-corrected chi connectivity index (χ3v) is 6.19. The number of nitrogens with one attached hydrogen (secondary N) is 2. The lowest BCUT2D eigenvalue weighted by molar-refractivity contribution is 0.102. The molecule has 0 spiro atoms. The molecule has 0 fully saturated rings. The molecule has 0 aliphatic heterocycles. The molecule has 5 heteroatoms. The van der Waals surface area contributed by atoms with Gasteiger partial charge in [-0.3, -0.25) is 9.78 Å². The van der Waals surface area contributed by atoms with Crippen molar-refractivity contribution in [1.29, 1.82) is 0 Å². The molecular weight excluding hydrogens is 390 g/mol. The summed E-state index contributed by atoms with van der Waals surface area (Å²) in [6, 6.07) is 25.1. The van der Waals surface area contributed by atoms with Gasteiger partial charge in [-0.15, -0.1) is 11.3 Å². The van der Waals surface area contributed by atoms with Gasteiger partial charge in [-0.1, -0.05) is 42.5 Å². The zero-order valence-electron chi connectivity index (χ0n) is 16.9. The summed E-state index contributed by atoms with van der Waals surface area (Å²) in [5.41, 5.74) is 4.73. The first-order valence-corrected chi connectivity index (χ1v) is 10.6. The standard InChI is InChI=1S/C25H23N3OS/c1-17-18(2)30-25(28-24(29)19-11-5-3-6-12-19)22(17)23(21-15-9-10-16-26-21)27-20-13-7-4-8-14-20/h3-16,23,27H,1-2H3,(H,28,29). The summed E-state index contributed by atoms with van der Waals surface area (Å²) in [6.45, 7) is 4.18. The Kier molecular flexibility index (Phi) is 5.91. The first-order valence-electron chi connectivity index (χ1n) is 9.82. The maximum atomic E-state index is 12.9. The number of benzene rings is 2. The van der Waals surface area contributed by atoms with Gasteiger partial charge in [0, 0.05) is 27.9 Å². The van der Waals surface area contributed by atoms with Crippen LogP contribution in [0.2, 0.25) is 0 Å². The van der Waals surface area contributed by atoms with Crippen LogP contribution in [0.5, 0.6) is 0 Å². The van der Waals surface area contributed by atoms with Gasteiger partial charge in [0.2, 0.25) is 0 Å². The molecule has 2 N–H and O–H groups in total. The van der Waals surface area contributed by atoms with E-state index in [-0.39, 0.29) is 11.9 Å². The predicted molar refractivity (Wildman–Crippen MR) is 124 cm³/mol. The summed E-state index contributed by atoms with van der Waals surface area (Å²) in [6.07, 6.45) is 1.80. The summed E-state index contributed by atoms with van der Waals surface area (Å²) >= 11 is 1.60. The Labute approximate surface area is 180 Å². The maximum Gasteiger partial charge on any atom is 0.256 e. The second kappa shape index (κ2) is 8.93. The Morgan fingerprint density at radius 3 is 2.23 bits per heavy atom. The molecule has 0 saturated carbocycles. The predicted octanol–water partition coefficient (Wildman–Crippen LogP) is 6.21. The van der Waals surface area contributed by atoms with Crippen LogP contribution in [0.25, 0.3) is 0 Å². The Morgan fingerprint density at radius 2 is 1.57 bits per heavy atom. The smallest absolute Gasteiger partial charge is 0.256 e. The van der Waals surface area contributed by atoms with E-state index in [1.807, 2.05) is 78.9 Å². The van der Waals surface area contributed by atoms with Crippen LogP contribution in [-0.4, -0.2) is 10.9 Å². The van der Waals surface area contributed by atoms with Crippen molar-refractivity contribution in [1.82, 2.24) is 4.98 Å². The molecule has 0 bridgehead atoms. The number of thiophene rings is 1. The Morgan fingerprint density at radius 1 is 0.900 bits per heavy atom. The number of para-hydroxylation sites is 1. The summed E-state index contributed by atoms with van der Waals surface area (Å²) in [4.78, 5) is 18.6. The van der Waals surface area contributed by atoms with E-state index >= 15 is 0 Å². The van der Waals surface area contributed by atoms with Crippen LogP contribution in [0.3, 0.4) is 0 Å². The Hall–Kier alpha value is -3.44. The average molecular weight is 414 g/mol. The van der Waals surface area contributed by atoms with Crippen molar-refractivity contribution in [2.24, 2.45) is 0 Å². The average Bonchev–Trinajstić information content (AvgIpc) is 3.07. The van der Waals surface area contributed by atoms with Crippen LogP contribution in [0.15, 0.2) is 85.1 Å². The van der Waals surface area contributed by atoms with E-state index in [9.17, 15) is 4.79 Å². The quantitative estimate of drug-likeness (QED) is 0.395. The fourth-order valence-electron chi connectivity index (χ4n) is 3.39. The van der Waals surface area contributed by atoms with Crippen molar-refractivity contribution in [3.63, 3.8) is 0 Å². The highest BCUT2D eigenvalue weighted by Crippen LogP contribution is 2.40. The Bertz CT molecular complexity index is 1130. The van der Waals surface area contributed by atoms with Crippen LogP contribution < -0.4 is 10.6 Å². The highest BCUT2D eigenvalue weighted by atomic mass is 32.1. The number of nitrogens with zero attached hydrogens (tertiary/aromatic N) is 1. The minimum absolute atomic E-state index is 0.113. The van der Waals surface area contributed by atoms with Crippen molar-refractivity contribution in [3.05, 3.63) is 112 Å². The molecule has 4 aromatic rings. The van der Waals surface area contributed by atoms with Crippen molar-refractivity contribution in [2.75, 3.05) is 10.6 Å². The number of pyridine rings is 1. The monoisotopic (exact) mass is 413 g/mol. The first-order chi connectivity index (χ1) is 14.6. The van der Waals surface area contributed by atoms with Crippen molar-refractivity contribution >= 4 is 27.9 Å². The van der Waals surface area contributed by atoms with Gasteiger partial charge in [-0.25, -0.2) is 0 Å². The molecule has 4 rings (SSSR count). The summed E-state index contributed by atoms with van der Waals surface area (Å²) in [5.74, 6) is -0.113. The van der Waals surface area contributed by atoms with Gasteiger partial charge < -0.3 is 10.6 Å². The number of rotatable bonds is 6. The SMILES string of the molecule is Cc1sc(NC(=O)c2ccccc2)c(C(Nc2ccccc2)c2ccccn2)c1C. The van der Waals surface area contributed by atoms with Gasteiger partial charge in [0.15, 0.2) is 0 Å². The lowest BCUT2D eigenvalue weighted by Gasteiger charge is -2.22. The summed E-state index contributed by atoms with van der Waals surface area (Å²) < 4.78 is 0. The van der Waals surface area contributed by atoms with E-state index in [1.165, 1.54) is 4.88 Å². The number of aryl methyl sites for hydroxylation is 1. The number of carbonyl (C=O) groups is 1. The van der Waals surface area contributed by atoms with E-state index in [0.717, 1.165) is 27.5 Å². The molecule has 0 radical (unpaired) electrons. The van der Waals surface area contributed by atoms with Crippen molar-refractivity contribution < 1.29 is 4.79 Å². The molecule has 2 heterocycles. The van der Waals surface area contributed by atoms with Gasteiger partial charge in [-0.2, -0.15) is 0 Å². The first kappa shape index (κ1) is 19.9. The lowest BCUT2D eigenvalue weighted by Crippen LogP contribution is -2.18. The van der Waals surface area contributed by atoms with E-state index < -0.39 is 0 Å². The fourth-order valence-corrected chi connectivity index (χ4v) is 4.49. The maximum absolute atomic E-state index is 12.9. The molecule has 0 aliphatic rings. The molecule has 1 amide bonds. The molecule has 1 atom stereocenters. The van der Waals surface area contributed by atoms with Gasteiger partial charge in [0.05, 0.1) is 11.7 Å². The van der Waals surface area contributed by atoms with E-state index in [0.29, 0.717) is 5.56 Å². The second-order valence-electron chi connectivity index (χ2n) is 7.04. The molecular formula is C25H23N3OS. The summed E-state index contributed by atoms with van der Waals surface area (Å²) in [5, 5.41) is 7.59. The molecule has 4 nitrogen and oxygen atoms in total. The molecule has 0 saturated heterocycles. The number of carbonyl (C=O) groups excluding carboxylic acids is 1. The van der Waals surface area contributed by atoms with Crippen LogP contribution in [0, 0.1) is 13.8 Å². The third kappa shape index (κ3) is 4.26. The topological polar surface area (TPSA) is 54.0 Å². The number of hydrogen-bond donors (Lipinski definition) is 2. The van der Waals surface area contributed by atoms with E-state index in [1.54, 1.807) is 17.5 Å². The van der Waals surface area contributed by atoms with E-state index in [2.05, 4.69) is 29.5 Å². The normalized spacial score (nSPS) is 11.7. The second-order valence-corrected chi connectivity index (χ2v) is 8.27. The highest BCUT2D eigenvalue weighted by Gasteiger charge is 2.25. The molecule has 2 aromatic carbocycles. The minimum Gasteiger partial charge on any atom is -0.373 e. The largest absolute Gasteiger partial charge is 0.373 e. The molecule has 30 heavy (non-hydrogen) atoms. The molecule has 0 aliphatic carbocycles. The van der Waals surface area contributed by atoms with Crippen LogP contribution in [-0.2, 0) is 0 Å². The molecule has 150 valence electrons. The minimum atomic E-state index is -0.190. The number of hydrogen-bond acceptors (Lipinski definition) is 4. The zero-order chi connectivity index (χ0) is 20.9. The van der Waals surface area contributed by atoms with Gasteiger partial charge in [0.25, 0.3) is 5.91 Å². The fraction of sp³-hybridized carbons (Fsp3) is 0.120. The van der Waals surface area contributed by atoms with Gasteiger partial charge in [-0.05, 0) is 55.8 Å². The van der Waals surface area contributed by atoms with Gasteiger partial charge in [0.1, 0.15) is 5.00 Å². The third-order valence-electron chi connectivity index (χ3n) is 5.05. The van der Waals surface area contributed by atoms with Crippen LogP contribution in [0.4, 0.5) is 10.7 Å².